The molecule has 25 heavy (non-hydrogen) atoms. The van der Waals surface area contributed by atoms with E-state index < -0.39 is 43.6 Å². The molecule has 3 heterocycles. The van der Waals surface area contributed by atoms with Crippen molar-refractivity contribution in [3.63, 3.8) is 0 Å². The molecule has 2 bridgehead atoms. The summed E-state index contributed by atoms with van der Waals surface area (Å²) in [5, 5.41) is 38.7. The summed E-state index contributed by atoms with van der Waals surface area (Å²) in [5.74, 6) is -0.801. The van der Waals surface area contributed by atoms with Crippen LogP contribution in [0.3, 0.4) is 0 Å². The van der Waals surface area contributed by atoms with Gasteiger partial charge in [-0.1, -0.05) is 6.08 Å². The van der Waals surface area contributed by atoms with Crippen LogP contribution in [0.2, 0.25) is 0 Å². The molecule has 4 N–H and O–H groups in total. The number of aliphatic hydroxyl groups is 4. The van der Waals surface area contributed by atoms with Crippen LogP contribution in [0.15, 0.2) is 24.5 Å². The number of carbonyl (C=O) groups excluding carboxylic acids is 1. The van der Waals surface area contributed by atoms with Crippen LogP contribution in [0.1, 0.15) is 6.42 Å². The van der Waals surface area contributed by atoms with Gasteiger partial charge in [0.05, 0.1) is 31.8 Å². The van der Waals surface area contributed by atoms with Gasteiger partial charge in [0.1, 0.15) is 24.4 Å². The van der Waals surface area contributed by atoms with Gasteiger partial charge < -0.3 is 39.4 Å². The lowest BCUT2D eigenvalue weighted by molar-refractivity contribution is -0.299. The SMILES string of the molecule is C=C[C@H]1[C@@H]2OC=C(CO[C@@H]3O[C@H](CO)[C@@H](O)[C@H](O)[C@H]3O)[C@H]1CC(=O)O2. The van der Waals surface area contributed by atoms with Crippen LogP contribution in [-0.2, 0) is 23.7 Å². The van der Waals surface area contributed by atoms with E-state index in [0.29, 0.717) is 5.57 Å². The van der Waals surface area contributed by atoms with E-state index in [1.807, 2.05) is 0 Å². The summed E-state index contributed by atoms with van der Waals surface area (Å²) in [6, 6.07) is 0. The molecule has 9 nitrogen and oxygen atoms in total. The Morgan fingerprint density at radius 1 is 1.28 bits per heavy atom. The van der Waals surface area contributed by atoms with Gasteiger partial charge in [0, 0.05) is 5.92 Å². The summed E-state index contributed by atoms with van der Waals surface area (Å²) in [5.41, 5.74) is 0.662. The van der Waals surface area contributed by atoms with E-state index in [2.05, 4.69) is 6.58 Å². The van der Waals surface area contributed by atoms with Crippen molar-refractivity contribution in [1.29, 1.82) is 0 Å². The zero-order valence-electron chi connectivity index (χ0n) is 13.4. The van der Waals surface area contributed by atoms with Crippen LogP contribution in [0.25, 0.3) is 0 Å². The molecule has 0 aromatic heterocycles. The van der Waals surface area contributed by atoms with Crippen LogP contribution < -0.4 is 0 Å². The Bertz CT molecular complexity index is 546. The molecule has 0 unspecified atom stereocenters. The summed E-state index contributed by atoms with van der Waals surface area (Å²) in [6.45, 7) is 3.17. The van der Waals surface area contributed by atoms with Gasteiger partial charge in [-0.3, -0.25) is 4.79 Å². The number of hydrogen-bond acceptors (Lipinski definition) is 9. The maximum Gasteiger partial charge on any atom is 0.309 e. The lowest BCUT2D eigenvalue weighted by Crippen LogP contribution is -2.59. The summed E-state index contributed by atoms with van der Waals surface area (Å²) in [7, 11) is 0. The van der Waals surface area contributed by atoms with Gasteiger partial charge in [0.15, 0.2) is 6.29 Å². The van der Waals surface area contributed by atoms with Crippen molar-refractivity contribution in [1.82, 2.24) is 0 Å². The van der Waals surface area contributed by atoms with Crippen molar-refractivity contribution >= 4 is 5.97 Å². The first-order chi connectivity index (χ1) is 12.0. The minimum atomic E-state index is -1.51. The number of rotatable bonds is 5. The molecule has 8 atom stereocenters. The Morgan fingerprint density at radius 3 is 2.72 bits per heavy atom. The normalized spacial score (nSPS) is 43.7. The molecule has 140 valence electrons. The molecule has 2 fully saturated rings. The highest BCUT2D eigenvalue weighted by molar-refractivity contribution is 5.71. The summed E-state index contributed by atoms with van der Waals surface area (Å²) < 4.78 is 21.3. The third-order valence-corrected chi connectivity index (χ3v) is 4.78. The molecule has 0 aliphatic carbocycles. The first-order valence-corrected chi connectivity index (χ1v) is 8.04. The highest BCUT2D eigenvalue weighted by atomic mass is 16.7. The molecular weight excluding hydrogens is 336 g/mol. The first-order valence-electron chi connectivity index (χ1n) is 8.04. The van der Waals surface area contributed by atoms with E-state index >= 15 is 0 Å². The summed E-state index contributed by atoms with van der Waals surface area (Å²) in [4.78, 5) is 11.6. The Labute approximate surface area is 144 Å². The zero-order valence-corrected chi connectivity index (χ0v) is 13.4. The number of ether oxygens (including phenoxy) is 4. The standard InChI is InChI=1S/C16H22O9/c1-2-8-9-3-11(18)25-15(8)22-5-7(9)6-23-16-14(21)13(20)12(19)10(4-17)24-16/h2,5,8-10,12-17,19-21H,1,3-4,6H2/t8-,9-,10-,12-,13+,14-,15-,16-/m1/s1. The van der Waals surface area contributed by atoms with Crippen molar-refractivity contribution in [2.45, 2.75) is 43.4 Å². The fraction of sp³-hybridized carbons (Fsp3) is 0.688. The molecular formula is C16H22O9. The molecule has 0 aromatic carbocycles. The monoisotopic (exact) mass is 358 g/mol. The fourth-order valence-corrected chi connectivity index (χ4v) is 3.30. The zero-order chi connectivity index (χ0) is 18.1. The predicted octanol–water partition coefficient (Wildman–Crippen LogP) is -1.59. The van der Waals surface area contributed by atoms with Crippen LogP contribution in [0, 0.1) is 11.8 Å². The second-order valence-corrected chi connectivity index (χ2v) is 6.32. The van der Waals surface area contributed by atoms with Gasteiger partial charge in [0.25, 0.3) is 0 Å². The fourth-order valence-electron chi connectivity index (χ4n) is 3.30. The third-order valence-electron chi connectivity index (χ3n) is 4.78. The van der Waals surface area contributed by atoms with Crippen LogP contribution in [-0.4, -0.2) is 76.6 Å². The third kappa shape index (κ3) is 3.43. The highest BCUT2D eigenvalue weighted by Gasteiger charge is 2.46. The van der Waals surface area contributed by atoms with Crippen LogP contribution >= 0.6 is 0 Å². The quantitative estimate of drug-likeness (QED) is 0.339. The molecule has 0 radical (unpaired) electrons. The highest BCUT2D eigenvalue weighted by Crippen LogP contribution is 2.39. The van der Waals surface area contributed by atoms with E-state index in [-0.39, 0.29) is 30.8 Å². The average molecular weight is 358 g/mol. The molecule has 3 rings (SSSR count). The Balaban J connectivity index is 1.66. The molecule has 0 amide bonds. The smallest absolute Gasteiger partial charge is 0.309 e. The van der Waals surface area contributed by atoms with Gasteiger partial charge in [-0.25, -0.2) is 0 Å². The van der Waals surface area contributed by atoms with Gasteiger partial charge in [0.2, 0.25) is 6.29 Å². The number of esters is 1. The number of carbonyl (C=O) groups is 1. The minimum Gasteiger partial charge on any atom is -0.462 e. The van der Waals surface area contributed by atoms with E-state index in [1.165, 1.54) is 6.26 Å². The Hall–Kier alpha value is -1.49. The average Bonchev–Trinajstić information content (AvgIpc) is 2.60. The lowest BCUT2D eigenvalue weighted by atomic mass is 9.80. The van der Waals surface area contributed by atoms with Gasteiger partial charge in [-0.05, 0) is 5.57 Å². The number of aliphatic hydroxyl groups excluding tert-OH is 4. The van der Waals surface area contributed by atoms with Gasteiger partial charge in [-0.2, -0.15) is 0 Å². The molecule has 3 aliphatic rings. The maximum absolute atomic E-state index is 11.6. The van der Waals surface area contributed by atoms with E-state index in [4.69, 9.17) is 18.9 Å². The van der Waals surface area contributed by atoms with Gasteiger partial charge >= 0.3 is 5.97 Å². The molecule has 0 spiro atoms. The second-order valence-electron chi connectivity index (χ2n) is 6.32. The number of hydrogen-bond donors (Lipinski definition) is 4. The van der Waals surface area contributed by atoms with E-state index in [1.54, 1.807) is 6.08 Å². The molecule has 2 saturated heterocycles. The van der Waals surface area contributed by atoms with E-state index in [9.17, 15) is 25.2 Å². The molecule has 3 aliphatic heterocycles. The lowest BCUT2D eigenvalue weighted by Gasteiger charge is -2.41. The Kier molecular flexibility index (Phi) is 5.42. The minimum absolute atomic E-state index is 0.0301. The summed E-state index contributed by atoms with van der Waals surface area (Å²) in [6.07, 6.45) is -4.18. The second kappa shape index (κ2) is 7.40. The largest absolute Gasteiger partial charge is 0.462 e. The van der Waals surface area contributed by atoms with E-state index in [0.717, 1.165) is 0 Å². The van der Waals surface area contributed by atoms with Crippen molar-refractivity contribution in [3.8, 4) is 0 Å². The van der Waals surface area contributed by atoms with Crippen molar-refractivity contribution in [2.24, 2.45) is 11.8 Å². The topological polar surface area (TPSA) is 135 Å². The Morgan fingerprint density at radius 2 is 2.04 bits per heavy atom. The van der Waals surface area contributed by atoms with Crippen LogP contribution in [0.4, 0.5) is 0 Å². The molecule has 0 aromatic rings. The molecule has 9 heteroatoms. The summed E-state index contributed by atoms with van der Waals surface area (Å²) >= 11 is 0. The number of fused-ring (bicyclic) bond motifs is 2. The van der Waals surface area contributed by atoms with Crippen molar-refractivity contribution < 1.29 is 44.2 Å². The maximum atomic E-state index is 11.6. The molecule has 0 saturated carbocycles. The predicted molar refractivity (Wildman–Crippen MR) is 80.6 cm³/mol. The van der Waals surface area contributed by atoms with Crippen molar-refractivity contribution in [3.05, 3.63) is 24.5 Å². The van der Waals surface area contributed by atoms with Crippen LogP contribution in [0.5, 0.6) is 0 Å². The van der Waals surface area contributed by atoms with Crippen molar-refractivity contribution in [2.75, 3.05) is 13.2 Å². The first kappa shape index (κ1) is 18.3. The van der Waals surface area contributed by atoms with Gasteiger partial charge in [-0.15, -0.1) is 6.58 Å².